The van der Waals surface area contributed by atoms with Crippen molar-refractivity contribution in [1.29, 1.82) is 0 Å². The molecule has 0 bridgehead atoms. The van der Waals surface area contributed by atoms with Gasteiger partial charge in [0.25, 0.3) is 5.91 Å². The van der Waals surface area contributed by atoms with Gasteiger partial charge in [-0.3, -0.25) is 9.59 Å². The molecule has 0 saturated heterocycles. The summed E-state index contributed by atoms with van der Waals surface area (Å²) in [6, 6.07) is 12.6. The summed E-state index contributed by atoms with van der Waals surface area (Å²) < 4.78 is 5.58. The van der Waals surface area contributed by atoms with Gasteiger partial charge >= 0.3 is 0 Å². The Labute approximate surface area is 158 Å². The third kappa shape index (κ3) is 3.60. The minimum Gasteiger partial charge on any atom is -0.493 e. The molecule has 5 nitrogen and oxygen atoms in total. The molecule has 2 aromatic carbocycles. The number of hydrogen-bond donors (Lipinski definition) is 2. The lowest BCUT2D eigenvalue weighted by Gasteiger charge is -2.38. The zero-order valence-corrected chi connectivity index (χ0v) is 15.3. The molecule has 1 saturated carbocycles. The number of ether oxygens (including phenoxy) is 1. The number of benzene rings is 2. The van der Waals surface area contributed by atoms with Crippen LogP contribution in [0.1, 0.15) is 57.7 Å². The van der Waals surface area contributed by atoms with Gasteiger partial charge in [-0.1, -0.05) is 18.2 Å². The molecule has 4 rings (SSSR count). The van der Waals surface area contributed by atoms with E-state index in [1.54, 1.807) is 24.3 Å². The minimum absolute atomic E-state index is 0.0677. The van der Waals surface area contributed by atoms with Crippen molar-refractivity contribution in [2.75, 3.05) is 6.61 Å². The molecule has 2 aromatic rings. The van der Waals surface area contributed by atoms with Gasteiger partial charge in [0, 0.05) is 17.5 Å². The van der Waals surface area contributed by atoms with Crippen LogP contribution in [0, 0.1) is 5.92 Å². The van der Waals surface area contributed by atoms with Gasteiger partial charge < -0.3 is 15.2 Å². The van der Waals surface area contributed by atoms with E-state index in [9.17, 15) is 14.7 Å². The van der Waals surface area contributed by atoms with Crippen LogP contribution in [0.3, 0.4) is 0 Å². The number of carbonyl (C=O) groups excluding carboxylic acids is 2. The summed E-state index contributed by atoms with van der Waals surface area (Å²) in [5.41, 5.74) is 3.18. The van der Waals surface area contributed by atoms with Crippen LogP contribution in [0.2, 0.25) is 0 Å². The highest BCUT2D eigenvalue weighted by Crippen LogP contribution is 2.40. The van der Waals surface area contributed by atoms with Gasteiger partial charge in [-0.15, -0.1) is 0 Å². The van der Waals surface area contributed by atoms with Crippen molar-refractivity contribution in [2.45, 2.75) is 38.3 Å². The van der Waals surface area contributed by atoms with Crippen LogP contribution in [-0.2, 0) is 6.42 Å². The molecule has 5 heteroatoms. The molecule has 2 aliphatic rings. The molecule has 0 spiro atoms. The van der Waals surface area contributed by atoms with E-state index in [1.807, 2.05) is 12.1 Å². The second-order valence-corrected chi connectivity index (χ2v) is 7.44. The Kier molecular flexibility index (Phi) is 4.70. The van der Waals surface area contributed by atoms with E-state index in [-0.39, 0.29) is 29.8 Å². The normalized spacial score (nSPS) is 21.6. The van der Waals surface area contributed by atoms with Crippen LogP contribution in [0.5, 0.6) is 5.75 Å². The molecule has 1 aliphatic heterocycles. The minimum atomic E-state index is -0.298. The van der Waals surface area contributed by atoms with Gasteiger partial charge in [-0.25, -0.2) is 0 Å². The fourth-order valence-electron chi connectivity index (χ4n) is 3.88. The Bertz CT molecular complexity index is 886. The lowest BCUT2D eigenvalue weighted by molar-refractivity contribution is 0.0235. The van der Waals surface area contributed by atoms with E-state index in [0.717, 1.165) is 23.3 Å². The van der Waals surface area contributed by atoms with E-state index in [0.29, 0.717) is 30.6 Å². The predicted octanol–water partition coefficient (Wildman–Crippen LogP) is 3.07. The standard InChI is InChI=1S/C22H23NO4/c1-13(24)14-3-2-4-17(9-14)22(26)23-21(18-11-19(25)12-18)16-5-6-20-15(10-16)7-8-27-20/h2-6,9-10,18-19,21,25H,7-8,11-12H2,1H3,(H,23,26)/t18?,19?,21-/m1/s1. The highest BCUT2D eigenvalue weighted by atomic mass is 16.5. The summed E-state index contributed by atoms with van der Waals surface area (Å²) in [7, 11) is 0. The number of fused-ring (bicyclic) bond motifs is 1. The van der Waals surface area contributed by atoms with Crippen molar-refractivity contribution in [3.8, 4) is 5.75 Å². The van der Waals surface area contributed by atoms with Gasteiger partial charge in [0.05, 0.1) is 18.8 Å². The van der Waals surface area contributed by atoms with E-state index < -0.39 is 0 Å². The predicted molar refractivity (Wildman–Crippen MR) is 101 cm³/mol. The first-order valence-electron chi connectivity index (χ1n) is 9.37. The largest absolute Gasteiger partial charge is 0.493 e. The Morgan fingerprint density at radius 2 is 1.93 bits per heavy atom. The van der Waals surface area contributed by atoms with Crippen LogP contribution in [-0.4, -0.2) is 29.5 Å². The first-order chi connectivity index (χ1) is 13.0. The number of aliphatic hydroxyl groups excluding tert-OH is 1. The Morgan fingerprint density at radius 1 is 1.15 bits per heavy atom. The van der Waals surface area contributed by atoms with Gasteiger partial charge in [-0.05, 0) is 61.1 Å². The number of amides is 1. The zero-order valence-electron chi connectivity index (χ0n) is 15.3. The number of hydrogen-bond acceptors (Lipinski definition) is 4. The lowest BCUT2D eigenvalue weighted by atomic mass is 9.74. The Hall–Kier alpha value is -2.66. The summed E-state index contributed by atoms with van der Waals surface area (Å²) in [5.74, 6) is 0.829. The summed E-state index contributed by atoms with van der Waals surface area (Å²) in [6.07, 6.45) is 1.92. The molecule has 1 atom stereocenters. The van der Waals surface area contributed by atoms with Gasteiger partial charge in [0.2, 0.25) is 0 Å². The van der Waals surface area contributed by atoms with Crippen LogP contribution < -0.4 is 10.1 Å². The molecule has 140 valence electrons. The Morgan fingerprint density at radius 3 is 2.67 bits per heavy atom. The molecular formula is C22H23NO4. The molecule has 1 heterocycles. The average molecular weight is 365 g/mol. The molecule has 0 aromatic heterocycles. The topological polar surface area (TPSA) is 75.6 Å². The van der Waals surface area contributed by atoms with Crippen molar-refractivity contribution in [3.05, 3.63) is 64.7 Å². The second-order valence-electron chi connectivity index (χ2n) is 7.44. The molecule has 27 heavy (non-hydrogen) atoms. The molecule has 2 N–H and O–H groups in total. The number of aliphatic hydroxyl groups is 1. The van der Waals surface area contributed by atoms with Crippen LogP contribution >= 0.6 is 0 Å². The first kappa shape index (κ1) is 17.7. The fourth-order valence-corrected chi connectivity index (χ4v) is 3.88. The van der Waals surface area contributed by atoms with E-state index in [4.69, 9.17) is 4.74 Å². The number of ketones is 1. The molecule has 0 radical (unpaired) electrons. The first-order valence-corrected chi connectivity index (χ1v) is 9.37. The monoisotopic (exact) mass is 365 g/mol. The van der Waals surface area contributed by atoms with E-state index in [2.05, 4.69) is 11.4 Å². The fraction of sp³-hybridized carbons (Fsp3) is 0.364. The van der Waals surface area contributed by atoms with Crippen molar-refractivity contribution in [2.24, 2.45) is 5.92 Å². The quantitative estimate of drug-likeness (QED) is 0.799. The van der Waals surface area contributed by atoms with Crippen molar-refractivity contribution >= 4 is 11.7 Å². The Balaban J connectivity index is 1.59. The molecule has 1 aliphatic carbocycles. The van der Waals surface area contributed by atoms with Gasteiger partial charge in [-0.2, -0.15) is 0 Å². The van der Waals surface area contributed by atoms with E-state index in [1.165, 1.54) is 6.92 Å². The van der Waals surface area contributed by atoms with E-state index >= 15 is 0 Å². The SMILES string of the molecule is CC(=O)c1cccc(C(=O)N[C@H](c2ccc3c(c2)CCO3)C2CC(O)C2)c1. The maximum atomic E-state index is 12.9. The number of rotatable bonds is 5. The van der Waals surface area contributed by atoms with Crippen LogP contribution in [0.25, 0.3) is 0 Å². The molecular weight excluding hydrogens is 342 g/mol. The molecule has 1 fully saturated rings. The summed E-state index contributed by atoms with van der Waals surface area (Å²) in [4.78, 5) is 24.5. The maximum Gasteiger partial charge on any atom is 0.251 e. The van der Waals surface area contributed by atoms with Crippen molar-refractivity contribution in [3.63, 3.8) is 0 Å². The third-order valence-corrected chi connectivity index (χ3v) is 5.51. The second kappa shape index (κ2) is 7.16. The molecule has 1 amide bonds. The highest BCUT2D eigenvalue weighted by Gasteiger charge is 2.36. The van der Waals surface area contributed by atoms with Crippen molar-refractivity contribution < 1.29 is 19.4 Å². The number of Topliss-reactive ketones (excluding diaryl/α,β-unsaturated/α-hetero) is 1. The zero-order chi connectivity index (χ0) is 19.0. The van der Waals surface area contributed by atoms with Crippen LogP contribution in [0.15, 0.2) is 42.5 Å². The highest BCUT2D eigenvalue weighted by molar-refractivity contribution is 5.99. The van der Waals surface area contributed by atoms with Crippen molar-refractivity contribution in [1.82, 2.24) is 5.32 Å². The summed E-state index contributed by atoms with van der Waals surface area (Å²) in [5, 5.41) is 12.9. The number of carbonyl (C=O) groups is 2. The third-order valence-electron chi connectivity index (χ3n) is 5.51. The molecule has 0 unspecified atom stereocenters. The summed E-state index contributed by atoms with van der Waals surface area (Å²) >= 11 is 0. The van der Waals surface area contributed by atoms with Crippen LogP contribution in [0.4, 0.5) is 0 Å². The number of nitrogens with one attached hydrogen (secondary N) is 1. The summed E-state index contributed by atoms with van der Waals surface area (Å²) in [6.45, 7) is 2.18. The van der Waals surface area contributed by atoms with Gasteiger partial charge in [0.15, 0.2) is 5.78 Å². The average Bonchev–Trinajstić information content (AvgIpc) is 3.11. The smallest absolute Gasteiger partial charge is 0.251 e. The lowest BCUT2D eigenvalue weighted by Crippen LogP contribution is -2.41. The maximum absolute atomic E-state index is 12.9. The van der Waals surface area contributed by atoms with Gasteiger partial charge in [0.1, 0.15) is 5.75 Å².